The zero-order valence-electron chi connectivity index (χ0n) is 18.7. The highest BCUT2D eigenvalue weighted by Gasteiger charge is 2.18. The number of nitrogens with one attached hydrogen (secondary N) is 2. The maximum absolute atomic E-state index is 14.2. The lowest BCUT2D eigenvalue weighted by Gasteiger charge is -2.26. The van der Waals surface area contributed by atoms with Crippen molar-refractivity contribution in [2.24, 2.45) is 0 Å². The molecule has 1 aliphatic rings. The first-order valence-corrected chi connectivity index (χ1v) is 10.6. The van der Waals surface area contributed by atoms with Crippen LogP contribution in [0.5, 0.6) is 11.5 Å². The van der Waals surface area contributed by atoms with Gasteiger partial charge in [0.2, 0.25) is 0 Å². The molecule has 0 saturated carbocycles. The normalized spacial score (nSPS) is 14.5. The van der Waals surface area contributed by atoms with Gasteiger partial charge in [0.1, 0.15) is 11.5 Å². The largest absolute Gasteiger partial charge is 0.493 e. The monoisotopic (exact) mass is 457 g/mol. The third-order valence-electron chi connectivity index (χ3n) is 5.16. The van der Waals surface area contributed by atoms with E-state index in [2.05, 4.69) is 15.5 Å². The molecular formula is C24H28FN3O5. The maximum atomic E-state index is 14.2. The molecule has 0 unspecified atom stereocenters. The van der Waals surface area contributed by atoms with E-state index in [1.54, 1.807) is 24.3 Å². The molecule has 0 aliphatic carbocycles. The van der Waals surface area contributed by atoms with Gasteiger partial charge in [-0.1, -0.05) is 18.2 Å². The van der Waals surface area contributed by atoms with Crippen molar-refractivity contribution in [2.75, 3.05) is 53.6 Å². The Hall–Kier alpha value is -3.43. The second-order valence-electron chi connectivity index (χ2n) is 7.31. The minimum absolute atomic E-state index is 0.0677. The number of nitrogens with zero attached hydrogens (tertiary/aromatic N) is 1. The summed E-state index contributed by atoms with van der Waals surface area (Å²) < 4.78 is 30.0. The van der Waals surface area contributed by atoms with Gasteiger partial charge in [-0.3, -0.25) is 14.5 Å². The number of amides is 2. The van der Waals surface area contributed by atoms with Gasteiger partial charge >= 0.3 is 0 Å². The minimum Gasteiger partial charge on any atom is -0.493 e. The molecule has 0 aromatic heterocycles. The van der Waals surface area contributed by atoms with Crippen molar-refractivity contribution in [1.29, 1.82) is 0 Å². The fourth-order valence-corrected chi connectivity index (χ4v) is 3.33. The third-order valence-corrected chi connectivity index (χ3v) is 5.16. The van der Waals surface area contributed by atoms with Crippen LogP contribution in [0.15, 0.2) is 48.2 Å². The number of carbonyl (C=O) groups is 2. The standard InChI is InChI=1S/C24H28FN3O5/c1-31-21-8-7-18(16-22(21)32-2)23(29)27-20(15-17-5-3-4-6-19(17)25)24(30)26-9-10-28-11-13-33-14-12-28/h3-8,15-16H,9-14H2,1-2H3,(H,26,30)(H,27,29). The molecule has 8 nitrogen and oxygen atoms in total. The van der Waals surface area contributed by atoms with E-state index in [9.17, 15) is 14.0 Å². The molecule has 1 fully saturated rings. The molecule has 2 amide bonds. The average Bonchev–Trinajstić information content (AvgIpc) is 2.84. The van der Waals surface area contributed by atoms with Crippen LogP contribution in [0, 0.1) is 5.82 Å². The van der Waals surface area contributed by atoms with Crippen LogP contribution >= 0.6 is 0 Å². The Morgan fingerprint density at radius 1 is 1.09 bits per heavy atom. The van der Waals surface area contributed by atoms with Crippen molar-refractivity contribution in [3.8, 4) is 11.5 Å². The molecule has 0 atom stereocenters. The Bertz CT molecular complexity index is 1010. The van der Waals surface area contributed by atoms with Gasteiger partial charge in [-0.25, -0.2) is 4.39 Å². The first kappa shape index (κ1) is 24.2. The zero-order chi connectivity index (χ0) is 23.6. The Morgan fingerprint density at radius 3 is 2.52 bits per heavy atom. The third kappa shape index (κ3) is 6.77. The molecule has 3 rings (SSSR count). The van der Waals surface area contributed by atoms with E-state index in [4.69, 9.17) is 14.2 Å². The summed E-state index contributed by atoms with van der Waals surface area (Å²) in [6, 6.07) is 10.7. The highest BCUT2D eigenvalue weighted by atomic mass is 19.1. The second kappa shape index (κ2) is 12.0. The number of carbonyl (C=O) groups excluding carboxylic acids is 2. The molecule has 0 bridgehead atoms. The van der Waals surface area contributed by atoms with Crippen molar-refractivity contribution >= 4 is 17.9 Å². The molecule has 9 heteroatoms. The molecule has 1 aliphatic heterocycles. The number of benzene rings is 2. The van der Waals surface area contributed by atoms with Crippen LogP contribution in [-0.4, -0.2) is 70.3 Å². The highest BCUT2D eigenvalue weighted by Crippen LogP contribution is 2.27. The minimum atomic E-state index is -0.540. The topological polar surface area (TPSA) is 89.1 Å². The molecule has 2 aromatic carbocycles. The fourth-order valence-electron chi connectivity index (χ4n) is 3.33. The van der Waals surface area contributed by atoms with Crippen molar-refractivity contribution in [3.05, 3.63) is 65.1 Å². The van der Waals surface area contributed by atoms with Crippen LogP contribution in [0.25, 0.3) is 6.08 Å². The summed E-state index contributed by atoms with van der Waals surface area (Å²) in [7, 11) is 2.96. The quantitative estimate of drug-likeness (QED) is 0.561. The van der Waals surface area contributed by atoms with Gasteiger partial charge < -0.3 is 24.8 Å². The lowest BCUT2D eigenvalue weighted by Crippen LogP contribution is -2.42. The van der Waals surface area contributed by atoms with Crippen LogP contribution in [0.3, 0.4) is 0 Å². The van der Waals surface area contributed by atoms with E-state index in [-0.39, 0.29) is 16.8 Å². The van der Waals surface area contributed by atoms with E-state index in [1.807, 2.05) is 0 Å². The van der Waals surface area contributed by atoms with E-state index < -0.39 is 17.6 Å². The number of halogens is 1. The van der Waals surface area contributed by atoms with E-state index in [0.717, 1.165) is 13.1 Å². The summed E-state index contributed by atoms with van der Waals surface area (Å²) in [5, 5.41) is 5.40. The van der Waals surface area contributed by atoms with Gasteiger partial charge in [0.15, 0.2) is 11.5 Å². The zero-order valence-corrected chi connectivity index (χ0v) is 18.7. The Balaban J connectivity index is 1.76. The first-order chi connectivity index (χ1) is 16.0. The lowest BCUT2D eigenvalue weighted by molar-refractivity contribution is -0.117. The van der Waals surface area contributed by atoms with Crippen molar-refractivity contribution in [1.82, 2.24) is 15.5 Å². The summed E-state index contributed by atoms with van der Waals surface area (Å²) in [5.74, 6) is -0.713. The maximum Gasteiger partial charge on any atom is 0.267 e. The number of hydrogen-bond acceptors (Lipinski definition) is 6. The number of methoxy groups -OCH3 is 2. The number of morpholine rings is 1. The SMILES string of the molecule is COc1ccc(C(=O)NC(=Cc2ccccc2F)C(=O)NCCN2CCOCC2)cc1OC. The Morgan fingerprint density at radius 2 is 1.82 bits per heavy atom. The smallest absolute Gasteiger partial charge is 0.267 e. The highest BCUT2D eigenvalue weighted by molar-refractivity contribution is 6.05. The first-order valence-electron chi connectivity index (χ1n) is 10.6. The molecule has 33 heavy (non-hydrogen) atoms. The summed E-state index contributed by atoms with van der Waals surface area (Å²) in [4.78, 5) is 27.9. The molecule has 2 N–H and O–H groups in total. The molecule has 0 radical (unpaired) electrons. The Labute approximate surface area is 192 Å². The average molecular weight is 458 g/mol. The predicted octanol–water partition coefficient (Wildman–Crippen LogP) is 2.06. The lowest BCUT2D eigenvalue weighted by atomic mass is 10.1. The van der Waals surface area contributed by atoms with Gasteiger partial charge in [0, 0.05) is 37.3 Å². The summed E-state index contributed by atoms with van der Waals surface area (Å²) >= 11 is 0. The second-order valence-corrected chi connectivity index (χ2v) is 7.31. The molecule has 1 heterocycles. The fraction of sp³-hybridized carbons (Fsp3) is 0.333. The Kier molecular flexibility index (Phi) is 8.79. The van der Waals surface area contributed by atoms with Crippen LogP contribution in [0.4, 0.5) is 4.39 Å². The van der Waals surface area contributed by atoms with E-state index in [0.29, 0.717) is 37.8 Å². The van der Waals surface area contributed by atoms with Gasteiger partial charge in [-0.2, -0.15) is 0 Å². The number of hydrogen-bond donors (Lipinski definition) is 2. The van der Waals surface area contributed by atoms with Gasteiger partial charge in [0.05, 0.1) is 27.4 Å². The molecule has 2 aromatic rings. The molecule has 176 valence electrons. The van der Waals surface area contributed by atoms with Crippen LogP contribution in [-0.2, 0) is 9.53 Å². The number of ether oxygens (including phenoxy) is 3. The van der Waals surface area contributed by atoms with Crippen molar-refractivity contribution < 1.29 is 28.2 Å². The molecule has 1 saturated heterocycles. The van der Waals surface area contributed by atoms with Crippen molar-refractivity contribution in [2.45, 2.75) is 0 Å². The van der Waals surface area contributed by atoms with Gasteiger partial charge in [0.25, 0.3) is 11.8 Å². The van der Waals surface area contributed by atoms with Gasteiger partial charge in [-0.05, 0) is 30.3 Å². The summed E-state index contributed by atoms with van der Waals surface area (Å²) in [5.41, 5.74) is 0.374. The van der Waals surface area contributed by atoms with E-state index in [1.165, 1.54) is 38.5 Å². The van der Waals surface area contributed by atoms with Crippen LogP contribution in [0.2, 0.25) is 0 Å². The van der Waals surface area contributed by atoms with Crippen LogP contribution < -0.4 is 20.1 Å². The van der Waals surface area contributed by atoms with E-state index >= 15 is 0 Å². The predicted molar refractivity (Wildman–Crippen MR) is 122 cm³/mol. The number of rotatable bonds is 9. The van der Waals surface area contributed by atoms with Crippen LogP contribution in [0.1, 0.15) is 15.9 Å². The molecular weight excluding hydrogens is 429 g/mol. The van der Waals surface area contributed by atoms with Crippen molar-refractivity contribution in [3.63, 3.8) is 0 Å². The molecule has 0 spiro atoms. The summed E-state index contributed by atoms with van der Waals surface area (Å²) in [6.45, 7) is 3.93. The van der Waals surface area contributed by atoms with Gasteiger partial charge in [-0.15, -0.1) is 0 Å². The summed E-state index contributed by atoms with van der Waals surface area (Å²) in [6.07, 6.45) is 1.32.